The molecule has 0 aliphatic carbocycles. The van der Waals surface area contributed by atoms with E-state index < -0.39 is 0 Å². The molecule has 15 heavy (non-hydrogen) atoms. The van der Waals surface area contributed by atoms with Gasteiger partial charge in [0.15, 0.2) is 0 Å². The van der Waals surface area contributed by atoms with Crippen LogP contribution >= 0.6 is 0 Å². The summed E-state index contributed by atoms with van der Waals surface area (Å²) in [5, 5.41) is 2.38. The van der Waals surface area contributed by atoms with E-state index in [1.165, 1.54) is 37.4 Å². The van der Waals surface area contributed by atoms with Crippen molar-refractivity contribution in [2.75, 3.05) is 31.1 Å². The Bertz CT molecular complexity index is 260. The van der Waals surface area contributed by atoms with Gasteiger partial charge in [-0.25, -0.2) is 0 Å². The molecule has 0 saturated carbocycles. The molecule has 2 rings (SSSR count). The second-order valence-corrected chi connectivity index (χ2v) is 3.69. The summed E-state index contributed by atoms with van der Waals surface area (Å²) in [6, 6.07) is 8.82. The molecule has 0 amide bonds. The first-order valence-corrected chi connectivity index (χ1v) is 5.99. The molecule has 1 heterocycles. The van der Waals surface area contributed by atoms with Gasteiger partial charge in [-0.15, -0.1) is 0 Å². The second kappa shape index (κ2) is 6.46. The highest BCUT2D eigenvalue weighted by Crippen LogP contribution is 2.14. The van der Waals surface area contributed by atoms with Crippen LogP contribution in [0, 0.1) is 6.92 Å². The number of benzene rings is 1. The molecule has 0 radical (unpaired) electrons. The van der Waals surface area contributed by atoms with Crippen LogP contribution in [0.4, 0.5) is 5.69 Å². The zero-order chi connectivity index (χ0) is 11.1. The van der Waals surface area contributed by atoms with Gasteiger partial charge in [-0.2, -0.15) is 0 Å². The van der Waals surface area contributed by atoms with E-state index >= 15 is 0 Å². The molecule has 1 aliphatic rings. The number of aryl methyl sites for hydroxylation is 1. The van der Waals surface area contributed by atoms with E-state index in [9.17, 15) is 0 Å². The Balaban J connectivity index is 0.000000531. The van der Waals surface area contributed by atoms with Crippen molar-refractivity contribution in [2.24, 2.45) is 0 Å². The van der Waals surface area contributed by atoms with Gasteiger partial charge in [-0.05, 0) is 19.1 Å². The van der Waals surface area contributed by atoms with Crippen molar-refractivity contribution in [1.82, 2.24) is 0 Å². The van der Waals surface area contributed by atoms with Crippen molar-refractivity contribution in [3.05, 3.63) is 29.8 Å². The predicted molar refractivity (Wildman–Crippen MR) is 66.4 cm³/mol. The van der Waals surface area contributed by atoms with Gasteiger partial charge >= 0.3 is 0 Å². The molecule has 1 aromatic carbocycles. The van der Waals surface area contributed by atoms with Gasteiger partial charge in [0, 0.05) is 5.69 Å². The van der Waals surface area contributed by atoms with E-state index in [0.29, 0.717) is 0 Å². The molecule has 1 saturated heterocycles. The van der Waals surface area contributed by atoms with E-state index in [4.69, 9.17) is 0 Å². The molecule has 1 aliphatic heterocycles. The number of piperazine rings is 1. The maximum atomic E-state index is 2.46. The third-order valence-corrected chi connectivity index (χ3v) is 2.61. The molecule has 1 fully saturated rings. The van der Waals surface area contributed by atoms with E-state index in [-0.39, 0.29) is 0 Å². The molecule has 1 aromatic rings. The van der Waals surface area contributed by atoms with Gasteiger partial charge in [-0.3, -0.25) is 0 Å². The maximum Gasteiger partial charge on any atom is 0.0934 e. The third kappa shape index (κ3) is 3.56. The SMILES string of the molecule is CC.Cc1ccc(N2CC[NH2+]CC2)cc1. The summed E-state index contributed by atoms with van der Waals surface area (Å²) in [5.74, 6) is 0. The number of hydrogen-bond donors (Lipinski definition) is 1. The third-order valence-electron chi connectivity index (χ3n) is 2.61. The number of quaternary nitrogens is 1. The number of nitrogens with zero attached hydrogens (tertiary/aromatic N) is 1. The summed E-state index contributed by atoms with van der Waals surface area (Å²) in [6.07, 6.45) is 0. The fraction of sp³-hybridized carbons (Fsp3) is 0.538. The molecule has 2 nitrogen and oxygen atoms in total. The van der Waals surface area contributed by atoms with Crippen LogP contribution in [-0.2, 0) is 0 Å². The normalized spacial score (nSPS) is 15.5. The fourth-order valence-corrected chi connectivity index (χ4v) is 1.76. The van der Waals surface area contributed by atoms with Crippen LogP contribution in [0.3, 0.4) is 0 Å². The summed E-state index contributed by atoms with van der Waals surface area (Å²) >= 11 is 0. The molecule has 2 heteroatoms. The first kappa shape index (κ1) is 12.1. The van der Waals surface area contributed by atoms with Gasteiger partial charge in [0.25, 0.3) is 0 Å². The van der Waals surface area contributed by atoms with Crippen molar-refractivity contribution in [2.45, 2.75) is 20.8 Å². The largest absolute Gasteiger partial charge is 0.360 e. The Morgan fingerprint density at radius 3 is 2.07 bits per heavy atom. The first-order chi connectivity index (χ1) is 7.36. The van der Waals surface area contributed by atoms with E-state index in [1.807, 2.05) is 13.8 Å². The predicted octanol–water partition coefficient (Wildman–Crippen LogP) is 1.40. The number of nitrogens with two attached hydrogens (primary N) is 1. The summed E-state index contributed by atoms with van der Waals surface area (Å²) < 4.78 is 0. The molecule has 0 unspecified atom stereocenters. The topological polar surface area (TPSA) is 19.9 Å². The highest BCUT2D eigenvalue weighted by atomic mass is 15.2. The minimum atomic E-state index is 1.18. The van der Waals surface area contributed by atoms with Crippen LogP contribution in [-0.4, -0.2) is 26.2 Å². The van der Waals surface area contributed by atoms with Crippen molar-refractivity contribution in [3.63, 3.8) is 0 Å². The molecule has 0 aromatic heterocycles. The summed E-state index contributed by atoms with van der Waals surface area (Å²) in [7, 11) is 0. The molecular weight excluding hydrogens is 184 g/mol. The Labute approximate surface area is 93.3 Å². The molecule has 0 bridgehead atoms. The number of hydrogen-bond acceptors (Lipinski definition) is 1. The first-order valence-electron chi connectivity index (χ1n) is 5.99. The fourth-order valence-electron chi connectivity index (χ4n) is 1.76. The van der Waals surface area contributed by atoms with Crippen LogP contribution in [0.2, 0.25) is 0 Å². The van der Waals surface area contributed by atoms with Crippen LogP contribution in [0.5, 0.6) is 0 Å². The van der Waals surface area contributed by atoms with Crippen LogP contribution in [0.1, 0.15) is 19.4 Å². The minimum absolute atomic E-state index is 1.18. The highest BCUT2D eigenvalue weighted by Gasteiger charge is 2.11. The van der Waals surface area contributed by atoms with Crippen LogP contribution in [0.15, 0.2) is 24.3 Å². The lowest BCUT2D eigenvalue weighted by Gasteiger charge is -2.27. The van der Waals surface area contributed by atoms with Crippen molar-refractivity contribution >= 4 is 5.69 Å². The zero-order valence-corrected chi connectivity index (χ0v) is 10.2. The Kier molecular flexibility index (Phi) is 5.19. The lowest BCUT2D eigenvalue weighted by atomic mass is 10.2. The van der Waals surface area contributed by atoms with E-state index in [1.54, 1.807) is 0 Å². The number of anilines is 1. The second-order valence-electron chi connectivity index (χ2n) is 3.69. The summed E-state index contributed by atoms with van der Waals surface area (Å²) in [6.45, 7) is 11.0. The van der Waals surface area contributed by atoms with E-state index in [0.717, 1.165) is 0 Å². The van der Waals surface area contributed by atoms with Crippen LogP contribution in [0.25, 0.3) is 0 Å². The lowest BCUT2D eigenvalue weighted by molar-refractivity contribution is -0.655. The van der Waals surface area contributed by atoms with Gasteiger partial charge in [-0.1, -0.05) is 31.5 Å². The summed E-state index contributed by atoms with van der Waals surface area (Å²) in [5.41, 5.74) is 2.71. The molecular formula is C13H23N2+. The van der Waals surface area contributed by atoms with Gasteiger partial charge < -0.3 is 10.2 Å². The van der Waals surface area contributed by atoms with Crippen molar-refractivity contribution < 1.29 is 5.32 Å². The van der Waals surface area contributed by atoms with Gasteiger partial charge in [0.1, 0.15) is 0 Å². The average Bonchev–Trinajstić information content (AvgIpc) is 2.34. The Hall–Kier alpha value is -1.02. The van der Waals surface area contributed by atoms with Crippen molar-refractivity contribution in [3.8, 4) is 0 Å². The Morgan fingerprint density at radius 2 is 1.53 bits per heavy atom. The lowest BCUT2D eigenvalue weighted by Crippen LogP contribution is -2.89. The average molecular weight is 207 g/mol. The Morgan fingerprint density at radius 1 is 1.00 bits per heavy atom. The quantitative estimate of drug-likeness (QED) is 0.738. The van der Waals surface area contributed by atoms with Crippen LogP contribution < -0.4 is 10.2 Å². The van der Waals surface area contributed by atoms with E-state index in [2.05, 4.69) is 41.4 Å². The zero-order valence-electron chi connectivity index (χ0n) is 10.2. The minimum Gasteiger partial charge on any atom is -0.360 e. The summed E-state index contributed by atoms with van der Waals surface area (Å²) in [4.78, 5) is 2.46. The van der Waals surface area contributed by atoms with Crippen molar-refractivity contribution in [1.29, 1.82) is 0 Å². The number of rotatable bonds is 1. The molecule has 2 N–H and O–H groups in total. The standard InChI is InChI=1S/C11H16N2.C2H6/c1-10-2-4-11(5-3-10)13-8-6-12-7-9-13;1-2/h2-5,12H,6-9H2,1H3;1-2H3/p+1. The maximum absolute atomic E-state index is 2.46. The monoisotopic (exact) mass is 207 g/mol. The molecule has 0 spiro atoms. The van der Waals surface area contributed by atoms with Gasteiger partial charge in [0.2, 0.25) is 0 Å². The van der Waals surface area contributed by atoms with Gasteiger partial charge in [0.05, 0.1) is 26.2 Å². The highest BCUT2D eigenvalue weighted by molar-refractivity contribution is 5.47. The smallest absolute Gasteiger partial charge is 0.0934 e. The molecule has 0 atom stereocenters. The molecule has 84 valence electrons.